The van der Waals surface area contributed by atoms with Crippen molar-refractivity contribution in [2.24, 2.45) is 33.7 Å². The lowest BCUT2D eigenvalue weighted by molar-refractivity contribution is -0.0393. The number of alkyl halides is 1. The molecule has 1 N–H and O–H groups in total. The summed E-state index contributed by atoms with van der Waals surface area (Å²) in [5.74, 6) is 1.44. The molecule has 1 aromatic rings. The highest BCUT2D eigenvalue weighted by Crippen LogP contribution is 2.66. The number of hydrogen-bond donors (Lipinski definition) is 1. The molecule has 0 radical (unpaired) electrons. The summed E-state index contributed by atoms with van der Waals surface area (Å²) < 4.78 is 15.4. The topological polar surface area (TPSA) is 45.5 Å². The third-order valence-corrected chi connectivity index (χ3v) is 8.64. The van der Waals surface area contributed by atoms with Crippen LogP contribution < -0.4 is 0 Å². The minimum Gasteiger partial charge on any atom is -0.411 e. The number of rotatable bonds is 1. The van der Waals surface area contributed by atoms with Gasteiger partial charge in [-0.3, -0.25) is 4.98 Å². The van der Waals surface area contributed by atoms with E-state index in [9.17, 15) is 5.21 Å². The molecular weight excluding hydrogens is 351 g/mol. The van der Waals surface area contributed by atoms with Gasteiger partial charge < -0.3 is 5.21 Å². The van der Waals surface area contributed by atoms with Gasteiger partial charge in [-0.15, -0.1) is 0 Å². The number of halogens is 1. The van der Waals surface area contributed by atoms with Crippen molar-refractivity contribution in [1.29, 1.82) is 0 Å². The molecule has 2 saturated carbocycles. The van der Waals surface area contributed by atoms with E-state index in [4.69, 9.17) is 0 Å². The number of allylic oxidation sites excluding steroid dienone is 4. The maximum Gasteiger partial charge on any atom is 0.122 e. The summed E-state index contributed by atoms with van der Waals surface area (Å²) in [6, 6.07) is 4.17. The predicted molar refractivity (Wildman–Crippen MR) is 109 cm³/mol. The first-order valence-corrected chi connectivity index (χ1v) is 10.7. The van der Waals surface area contributed by atoms with Gasteiger partial charge in [-0.25, -0.2) is 4.39 Å². The van der Waals surface area contributed by atoms with Crippen molar-refractivity contribution in [3.05, 3.63) is 47.8 Å². The Hall–Kier alpha value is -1.97. The fourth-order valence-corrected chi connectivity index (χ4v) is 7.19. The van der Waals surface area contributed by atoms with Gasteiger partial charge in [-0.2, -0.15) is 0 Å². The van der Waals surface area contributed by atoms with Crippen LogP contribution in [0.15, 0.2) is 47.4 Å². The van der Waals surface area contributed by atoms with Crippen molar-refractivity contribution in [2.75, 3.05) is 0 Å². The molecule has 148 valence electrons. The highest BCUT2D eigenvalue weighted by Gasteiger charge is 2.59. The summed E-state index contributed by atoms with van der Waals surface area (Å²) >= 11 is 0. The van der Waals surface area contributed by atoms with E-state index in [1.54, 1.807) is 0 Å². The Morgan fingerprint density at radius 1 is 1.21 bits per heavy atom. The Labute approximate surface area is 166 Å². The van der Waals surface area contributed by atoms with Gasteiger partial charge in [0.2, 0.25) is 0 Å². The van der Waals surface area contributed by atoms with Crippen LogP contribution in [0.25, 0.3) is 5.57 Å². The zero-order valence-corrected chi connectivity index (χ0v) is 16.7. The first kappa shape index (κ1) is 18.1. The van der Waals surface area contributed by atoms with Gasteiger partial charge >= 0.3 is 0 Å². The Bertz CT molecular complexity index is 876. The summed E-state index contributed by atoms with van der Waals surface area (Å²) in [4.78, 5) is 4.33. The van der Waals surface area contributed by atoms with Crippen molar-refractivity contribution in [3.8, 4) is 0 Å². The van der Waals surface area contributed by atoms with Crippen LogP contribution in [0.5, 0.6) is 0 Å². The van der Waals surface area contributed by atoms with Crippen LogP contribution in [-0.4, -0.2) is 22.1 Å². The highest BCUT2D eigenvalue weighted by atomic mass is 19.1. The summed E-state index contributed by atoms with van der Waals surface area (Å²) in [6.45, 7) is 4.67. The molecule has 0 bridgehead atoms. The molecule has 4 aliphatic carbocycles. The van der Waals surface area contributed by atoms with Crippen LogP contribution in [-0.2, 0) is 0 Å². The van der Waals surface area contributed by atoms with Crippen LogP contribution in [0.3, 0.4) is 0 Å². The molecule has 4 aliphatic rings. The average molecular weight is 381 g/mol. The number of fused-ring (bicyclic) bond motifs is 5. The van der Waals surface area contributed by atoms with E-state index >= 15 is 4.39 Å². The fraction of sp³-hybridized carbons (Fsp3) is 0.583. The Kier molecular flexibility index (Phi) is 4.05. The summed E-state index contributed by atoms with van der Waals surface area (Å²) in [7, 11) is 0. The molecule has 0 aliphatic heterocycles. The molecule has 5 rings (SSSR count). The molecular formula is C24H29FN2O. The lowest BCUT2D eigenvalue weighted by Gasteiger charge is -2.58. The number of oxime groups is 1. The van der Waals surface area contributed by atoms with Crippen LogP contribution in [0.2, 0.25) is 0 Å². The van der Waals surface area contributed by atoms with E-state index in [2.05, 4.69) is 36.1 Å². The zero-order valence-electron chi connectivity index (χ0n) is 16.7. The minimum atomic E-state index is -0.923. The second-order valence-electron chi connectivity index (χ2n) is 9.74. The molecule has 6 atom stereocenters. The van der Waals surface area contributed by atoms with E-state index < -0.39 is 6.17 Å². The normalized spacial score (nSPS) is 43.6. The fourth-order valence-electron chi connectivity index (χ4n) is 7.19. The van der Waals surface area contributed by atoms with E-state index in [-0.39, 0.29) is 10.8 Å². The lowest BCUT2D eigenvalue weighted by atomic mass is 9.46. The number of aromatic nitrogens is 1. The quantitative estimate of drug-likeness (QED) is 0.493. The van der Waals surface area contributed by atoms with Crippen molar-refractivity contribution in [3.63, 3.8) is 0 Å². The number of pyridine rings is 1. The van der Waals surface area contributed by atoms with Crippen LogP contribution in [0, 0.1) is 28.6 Å². The third-order valence-electron chi connectivity index (χ3n) is 8.64. The second kappa shape index (κ2) is 6.27. The Morgan fingerprint density at radius 2 is 2.07 bits per heavy atom. The van der Waals surface area contributed by atoms with E-state index in [0.29, 0.717) is 29.9 Å². The largest absolute Gasteiger partial charge is 0.411 e. The van der Waals surface area contributed by atoms with Crippen molar-refractivity contribution < 1.29 is 9.60 Å². The molecule has 1 unspecified atom stereocenters. The van der Waals surface area contributed by atoms with E-state index in [0.717, 1.165) is 37.7 Å². The SMILES string of the molecule is C[C@]12CC/C(=N\O)C=C1C(F)C[C@@H]1[C@@H]2CC[C@]2(C)C(c3cccnc3)=CC[C@@H]12. The summed E-state index contributed by atoms with van der Waals surface area (Å²) in [5, 5.41) is 12.6. The van der Waals surface area contributed by atoms with Gasteiger partial charge in [-0.05, 0) is 96.0 Å². The van der Waals surface area contributed by atoms with Crippen LogP contribution in [0.4, 0.5) is 4.39 Å². The van der Waals surface area contributed by atoms with Gasteiger partial charge in [0.05, 0.1) is 5.71 Å². The predicted octanol–water partition coefficient (Wildman–Crippen LogP) is 5.82. The standard InChI is InChI=1S/C24H29FN2O/c1-23-10-8-20-17(19(23)6-5-18(23)15-4-3-11-26-14-15)13-22(25)21-12-16(27-28)7-9-24(20,21)2/h3-5,11-12,14,17,19-20,22,28H,6-10,13H2,1-2H3/b27-16+/t17-,19-,20-,22?,23+,24+/m0/s1. The smallest absolute Gasteiger partial charge is 0.122 e. The van der Waals surface area contributed by atoms with Crippen molar-refractivity contribution in [2.45, 2.75) is 58.5 Å². The maximum absolute atomic E-state index is 15.4. The number of hydrogen-bond acceptors (Lipinski definition) is 3. The first-order valence-electron chi connectivity index (χ1n) is 10.7. The Balaban J connectivity index is 1.50. The molecule has 0 spiro atoms. The van der Waals surface area contributed by atoms with Gasteiger partial charge in [0.25, 0.3) is 0 Å². The second-order valence-corrected chi connectivity index (χ2v) is 9.74. The van der Waals surface area contributed by atoms with Crippen molar-refractivity contribution in [1.82, 2.24) is 4.98 Å². The molecule has 2 fully saturated rings. The molecule has 0 amide bonds. The lowest BCUT2D eigenvalue weighted by Crippen LogP contribution is -2.52. The molecule has 3 nitrogen and oxygen atoms in total. The molecule has 0 saturated heterocycles. The molecule has 1 heterocycles. The van der Waals surface area contributed by atoms with Crippen molar-refractivity contribution >= 4 is 11.3 Å². The van der Waals surface area contributed by atoms with Gasteiger partial charge in [0.1, 0.15) is 6.17 Å². The van der Waals surface area contributed by atoms with E-state index in [1.165, 1.54) is 11.1 Å². The molecule has 28 heavy (non-hydrogen) atoms. The third kappa shape index (κ3) is 2.39. The zero-order chi connectivity index (χ0) is 19.5. The molecule has 0 aromatic carbocycles. The van der Waals surface area contributed by atoms with E-state index in [1.807, 2.05) is 24.5 Å². The monoisotopic (exact) mass is 380 g/mol. The highest BCUT2D eigenvalue weighted by molar-refractivity contribution is 5.96. The Morgan fingerprint density at radius 3 is 2.82 bits per heavy atom. The first-order chi connectivity index (χ1) is 13.5. The van der Waals surface area contributed by atoms with Gasteiger partial charge in [0, 0.05) is 12.4 Å². The summed E-state index contributed by atoms with van der Waals surface area (Å²) in [6.07, 6.45) is 12.7. The minimum absolute atomic E-state index is 0.102. The number of nitrogens with zero attached hydrogens (tertiary/aromatic N) is 2. The average Bonchev–Trinajstić information content (AvgIpc) is 3.06. The maximum atomic E-state index is 15.4. The van der Waals surface area contributed by atoms with Gasteiger partial charge in [-0.1, -0.05) is 31.1 Å². The summed E-state index contributed by atoms with van der Waals surface area (Å²) in [5.41, 5.74) is 4.18. The molecule has 1 aromatic heterocycles. The van der Waals surface area contributed by atoms with Crippen LogP contribution >= 0.6 is 0 Å². The van der Waals surface area contributed by atoms with Gasteiger partial charge in [0.15, 0.2) is 0 Å². The molecule has 4 heteroatoms. The van der Waals surface area contributed by atoms with Crippen LogP contribution in [0.1, 0.15) is 57.9 Å².